The van der Waals surface area contributed by atoms with Crippen LogP contribution in [0.3, 0.4) is 0 Å². The van der Waals surface area contributed by atoms with E-state index in [0.717, 1.165) is 43.5 Å². The summed E-state index contributed by atoms with van der Waals surface area (Å²) >= 11 is 0. The number of hydrogen-bond donors (Lipinski definition) is 3. The molecule has 0 saturated heterocycles. The van der Waals surface area contributed by atoms with E-state index in [1.165, 1.54) is 35.4 Å². The molecular weight excluding hydrogens is 549 g/mol. The highest BCUT2D eigenvalue weighted by Crippen LogP contribution is 2.31. The number of rotatable bonds is 11. The molecule has 0 aromatic heterocycles. The highest BCUT2D eigenvalue weighted by molar-refractivity contribution is 7.89. The van der Waals surface area contributed by atoms with Gasteiger partial charge in [0.15, 0.2) is 0 Å². The van der Waals surface area contributed by atoms with Crippen molar-refractivity contribution in [2.24, 2.45) is 5.92 Å². The van der Waals surface area contributed by atoms with Crippen molar-refractivity contribution >= 4 is 15.9 Å². The molecule has 1 aliphatic rings. The molecule has 4 rings (SSSR count). The lowest BCUT2D eigenvalue weighted by Crippen LogP contribution is -2.36. The minimum Gasteiger partial charge on any atom is -0.349 e. The molecule has 226 valence electrons. The minimum absolute atomic E-state index is 0.114. The Bertz CT molecular complexity index is 1460. The predicted molar refractivity (Wildman–Crippen MR) is 166 cm³/mol. The number of amides is 1. The maximum Gasteiger partial charge on any atom is 0.241 e. The molecule has 1 aliphatic carbocycles. The number of nitrogens with one attached hydrogen (secondary N) is 3. The van der Waals surface area contributed by atoms with E-state index in [1.807, 2.05) is 0 Å². The molecule has 0 heterocycles. The van der Waals surface area contributed by atoms with Gasteiger partial charge in [0.05, 0.1) is 17.0 Å². The number of sulfonamides is 1. The van der Waals surface area contributed by atoms with Crippen molar-refractivity contribution in [3.8, 4) is 0 Å². The van der Waals surface area contributed by atoms with E-state index in [9.17, 15) is 17.6 Å². The molecule has 2 atom stereocenters. The second-order valence-corrected chi connectivity index (χ2v) is 14.5. The number of carbonyl (C=O) groups is 1. The van der Waals surface area contributed by atoms with E-state index in [4.69, 9.17) is 0 Å². The average molecular weight is 594 g/mol. The minimum atomic E-state index is -3.96. The van der Waals surface area contributed by atoms with Crippen LogP contribution in [-0.4, -0.2) is 20.9 Å². The van der Waals surface area contributed by atoms with Crippen molar-refractivity contribution in [3.63, 3.8) is 0 Å². The van der Waals surface area contributed by atoms with Crippen LogP contribution in [-0.2, 0) is 33.2 Å². The summed E-state index contributed by atoms with van der Waals surface area (Å²) in [6, 6.07) is 17.8. The Morgan fingerprint density at radius 1 is 1.00 bits per heavy atom. The zero-order valence-electron chi connectivity index (χ0n) is 25.3. The summed E-state index contributed by atoms with van der Waals surface area (Å²) in [5, 5.41) is 6.63. The quantitative estimate of drug-likeness (QED) is 0.238. The summed E-state index contributed by atoms with van der Waals surface area (Å²) in [6.45, 7) is 12.3. The molecule has 2 unspecified atom stereocenters. The topological polar surface area (TPSA) is 87.3 Å². The number of carbonyl (C=O) groups excluding carboxylic acids is 1. The highest BCUT2D eigenvalue weighted by atomic mass is 32.2. The summed E-state index contributed by atoms with van der Waals surface area (Å²) < 4.78 is 43.2. The number of halogens is 1. The van der Waals surface area contributed by atoms with Gasteiger partial charge in [0, 0.05) is 13.0 Å². The zero-order chi connectivity index (χ0) is 30.5. The molecule has 3 aromatic rings. The summed E-state index contributed by atoms with van der Waals surface area (Å²) in [4.78, 5) is 13.5. The van der Waals surface area contributed by atoms with Gasteiger partial charge in [0.1, 0.15) is 5.82 Å². The first kappa shape index (κ1) is 31.9. The van der Waals surface area contributed by atoms with Crippen LogP contribution < -0.4 is 15.4 Å². The van der Waals surface area contributed by atoms with Crippen molar-refractivity contribution in [1.82, 2.24) is 15.4 Å². The first-order chi connectivity index (χ1) is 19.8. The van der Waals surface area contributed by atoms with Gasteiger partial charge in [-0.2, -0.15) is 0 Å². The van der Waals surface area contributed by atoms with Crippen LogP contribution in [0.2, 0.25) is 0 Å². The average Bonchev–Trinajstić information content (AvgIpc) is 2.92. The number of benzene rings is 3. The predicted octanol–water partition coefficient (Wildman–Crippen LogP) is 6.47. The van der Waals surface area contributed by atoms with Crippen molar-refractivity contribution in [2.45, 2.75) is 89.2 Å². The van der Waals surface area contributed by atoms with Crippen molar-refractivity contribution in [3.05, 3.63) is 100 Å². The Kier molecular flexibility index (Phi) is 10.2. The maximum atomic E-state index is 13.7. The van der Waals surface area contributed by atoms with Crippen molar-refractivity contribution < 1.29 is 17.6 Å². The zero-order valence-corrected chi connectivity index (χ0v) is 26.2. The second-order valence-electron chi connectivity index (χ2n) is 12.8. The van der Waals surface area contributed by atoms with Crippen LogP contribution in [0.1, 0.15) is 93.8 Å². The summed E-state index contributed by atoms with van der Waals surface area (Å²) in [7, 11) is -3.96. The van der Waals surface area contributed by atoms with Crippen LogP contribution in [0.5, 0.6) is 0 Å². The molecule has 0 spiro atoms. The Morgan fingerprint density at radius 3 is 2.33 bits per heavy atom. The van der Waals surface area contributed by atoms with Gasteiger partial charge < -0.3 is 10.6 Å². The lowest BCUT2D eigenvalue weighted by Gasteiger charge is -2.28. The van der Waals surface area contributed by atoms with Gasteiger partial charge in [0.2, 0.25) is 15.9 Å². The fraction of sp³-hybridized carbons (Fsp3) is 0.441. The van der Waals surface area contributed by atoms with Crippen LogP contribution in [0.25, 0.3) is 0 Å². The Hall–Kier alpha value is -3.07. The summed E-state index contributed by atoms with van der Waals surface area (Å²) in [6.07, 6.45) is 2.62. The molecule has 3 N–H and O–H groups in total. The molecular formula is C34H44FN3O3S. The monoisotopic (exact) mass is 593 g/mol. The number of hydrogen-bond acceptors (Lipinski definition) is 4. The van der Waals surface area contributed by atoms with E-state index < -0.39 is 21.9 Å². The smallest absolute Gasteiger partial charge is 0.241 e. The summed E-state index contributed by atoms with van der Waals surface area (Å²) in [5.41, 5.74) is 4.99. The van der Waals surface area contributed by atoms with E-state index in [-0.39, 0.29) is 28.7 Å². The number of aryl methyl sites for hydroxylation is 1. The Labute approximate surface area is 250 Å². The third kappa shape index (κ3) is 8.49. The van der Waals surface area contributed by atoms with Gasteiger partial charge in [-0.3, -0.25) is 4.79 Å². The van der Waals surface area contributed by atoms with Crippen LogP contribution >= 0.6 is 0 Å². The highest BCUT2D eigenvalue weighted by Gasteiger charge is 2.27. The lowest BCUT2D eigenvalue weighted by molar-refractivity contribution is -0.122. The third-order valence-corrected chi connectivity index (χ3v) is 9.22. The van der Waals surface area contributed by atoms with Gasteiger partial charge in [0.25, 0.3) is 0 Å². The lowest BCUT2D eigenvalue weighted by atomic mass is 9.86. The Morgan fingerprint density at radius 2 is 1.69 bits per heavy atom. The number of fused-ring (bicyclic) bond motifs is 1. The molecule has 0 aliphatic heterocycles. The molecule has 0 bridgehead atoms. The molecule has 1 amide bonds. The van der Waals surface area contributed by atoms with Crippen LogP contribution in [0, 0.1) is 11.7 Å². The summed E-state index contributed by atoms with van der Waals surface area (Å²) in [5.74, 6) is -0.116. The second kappa shape index (κ2) is 13.5. The van der Waals surface area contributed by atoms with Gasteiger partial charge >= 0.3 is 0 Å². The van der Waals surface area contributed by atoms with E-state index in [0.29, 0.717) is 11.5 Å². The first-order valence-electron chi connectivity index (χ1n) is 14.8. The molecule has 42 heavy (non-hydrogen) atoms. The fourth-order valence-electron chi connectivity index (χ4n) is 5.38. The third-order valence-electron chi connectivity index (χ3n) is 7.73. The van der Waals surface area contributed by atoms with Gasteiger partial charge in [-0.25, -0.2) is 17.5 Å². The van der Waals surface area contributed by atoms with Gasteiger partial charge in [-0.05, 0) is 89.2 Å². The molecule has 6 nitrogen and oxygen atoms in total. The SMILES string of the molecule is CC(C)CNCc1ccc2c(c1)CCCC2NC(=O)CC(NS(=O)(=O)c1ccc(C(C)(C)C)cc1)c1ccc(F)cc1. The van der Waals surface area contributed by atoms with Gasteiger partial charge in [-0.15, -0.1) is 0 Å². The molecule has 0 fully saturated rings. The van der Waals surface area contributed by atoms with Crippen LogP contribution in [0.4, 0.5) is 4.39 Å². The molecule has 0 radical (unpaired) electrons. The molecule has 3 aromatic carbocycles. The Balaban J connectivity index is 1.49. The standard InChI is InChI=1S/C34H44FN3O3S/c1-23(2)21-36-22-24-9-18-30-26(19-24)7-6-8-31(30)37-33(39)20-32(25-10-14-28(35)15-11-25)38-42(40,41)29-16-12-27(13-17-29)34(3,4)5/h9-19,23,31-32,36,38H,6-8,20-22H2,1-5H3,(H,37,39). The van der Waals surface area contributed by atoms with E-state index >= 15 is 0 Å². The van der Waals surface area contributed by atoms with E-state index in [2.05, 4.69) is 68.2 Å². The largest absolute Gasteiger partial charge is 0.349 e. The van der Waals surface area contributed by atoms with Gasteiger partial charge in [-0.1, -0.05) is 77.1 Å². The maximum absolute atomic E-state index is 13.7. The fourth-order valence-corrected chi connectivity index (χ4v) is 6.61. The molecule has 0 saturated carbocycles. The first-order valence-corrected chi connectivity index (χ1v) is 16.3. The van der Waals surface area contributed by atoms with Crippen molar-refractivity contribution in [2.75, 3.05) is 6.54 Å². The van der Waals surface area contributed by atoms with Crippen LogP contribution in [0.15, 0.2) is 71.6 Å². The normalized spacial score (nSPS) is 16.2. The van der Waals surface area contributed by atoms with Crippen molar-refractivity contribution in [1.29, 1.82) is 0 Å². The molecule has 8 heteroatoms. The van der Waals surface area contributed by atoms with E-state index in [1.54, 1.807) is 24.3 Å².